The van der Waals surface area contributed by atoms with Crippen molar-refractivity contribution < 1.29 is 28.5 Å². The van der Waals surface area contributed by atoms with Crippen molar-refractivity contribution in [3.05, 3.63) is 83.4 Å². The van der Waals surface area contributed by atoms with Crippen LogP contribution in [-0.4, -0.2) is 39.4 Å². The molecule has 0 saturated heterocycles. The smallest absolute Gasteiger partial charge is 0.343 e. The highest BCUT2D eigenvalue weighted by Gasteiger charge is 2.13. The van der Waals surface area contributed by atoms with E-state index < -0.39 is 5.97 Å². The van der Waals surface area contributed by atoms with Crippen molar-refractivity contribution in [3.8, 4) is 23.0 Å². The molecule has 0 saturated carbocycles. The number of benzene rings is 3. The number of nitrogens with one attached hydrogen (secondary N) is 1. The van der Waals surface area contributed by atoms with Crippen molar-refractivity contribution in [1.29, 1.82) is 0 Å². The Morgan fingerprint density at radius 3 is 1.91 bits per heavy atom. The maximum atomic E-state index is 12.4. The molecule has 3 rings (SSSR count). The van der Waals surface area contributed by atoms with E-state index in [-0.39, 0.29) is 11.7 Å². The molecule has 0 aromatic heterocycles. The van der Waals surface area contributed by atoms with E-state index in [1.807, 2.05) is 0 Å². The molecule has 0 aliphatic carbocycles. The van der Waals surface area contributed by atoms with Gasteiger partial charge in [0.25, 0.3) is 5.91 Å². The normalized spacial score (nSPS) is 10.5. The number of hydrogen-bond donors (Lipinski definition) is 1. The van der Waals surface area contributed by atoms with Gasteiger partial charge in [0.1, 0.15) is 11.5 Å². The van der Waals surface area contributed by atoms with Crippen LogP contribution in [0.2, 0.25) is 0 Å². The predicted molar refractivity (Wildman–Crippen MR) is 119 cm³/mol. The summed E-state index contributed by atoms with van der Waals surface area (Å²) in [5.74, 6) is 1.01. The van der Waals surface area contributed by atoms with Crippen LogP contribution in [0, 0.1) is 0 Å². The van der Waals surface area contributed by atoms with E-state index in [0.717, 1.165) is 0 Å². The van der Waals surface area contributed by atoms with Crippen molar-refractivity contribution in [2.45, 2.75) is 0 Å². The average molecular weight is 434 g/mol. The lowest BCUT2D eigenvalue weighted by molar-refractivity contribution is 0.0729. The van der Waals surface area contributed by atoms with E-state index in [0.29, 0.717) is 33.9 Å². The first-order valence-corrected chi connectivity index (χ1v) is 9.55. The summed E-state index contributed by atoms with van der Waals surface area (Å²) in [6.07, 6.45) is 1.46. The number of amides is 1. The second-order valence-corrected chi connectivity index (χ2v) is 6.46. The first kappa shape index (κ1) is 22.4. The molecule has 0 bridgehead atoms. The minimum atomic E-state index is -0.529. The van der Waals surface area contributed by atoms with Crippen LogP contribution in [0.15, 0.2) is 71.8 Å². The van der Waals surface area contributed by atoms with Gasteiger partial charge >= 0.3 is 5.97 Å². The Morgan fingerprint density at radius 2 is 1.34 bits per heavy atom. The number of carbonyl (C=O) groups excluding carboxylic acids is 2. The highest BCUT2D eigenvalue weighted by molar-refractivity contribution is 5.95. The highest BCUT2D eigenvalue weighted by Crippen LogP contribution is 2.28. The highest BCUT2D eigenvalue weighted by atomic mass is 16.6. The van der Waals surface area contributed by atoms with Gasteiger partial charge in [0.05, 0.1) is 33.1 Å². The lowest BCUT2D eigenvalue weighted by atomic mass is 10.2. The van der Waals surface area contributed by atoms with Crippen LogP contribution in [0.5, 0.6) is 23.0 Å². The molecule has 0 unspecified atom stereocenters. The molecule has 32 heavy (non-hydrogen) atoms. The number of methoxy groups -OCH3 is 3. The molecule has 0 heterocycles. The Labute approximate surface area is 185 Å². The number of carbonyl (C=O) groups is 2. The lowest BCUT2D eigenvalue weighted by Crippen LogP contribution is -2.17. The second-order valence-electron chi connectivity index (χ2n) is 6.46. The lowest BCUT2D eigenvalue weighted by Gasteiger charge is -2.10. The summed E-state index contributed by atoms with van der Waals surface area (Å²) >= 11 is 0. The minimum absolute atomic E-state index is 0.257. The van der Waals surface area contributed by atoms with Crippen LogP contribution in [-0.2, 0) is 0 Å². The third-order valence-corrected chi connectivity index (χ3v) is 4.45. The Hall–Kier alpha value is -4.33. The number of esters is 1. The molecule has 3 aromatic carbocycles. The quantitative estimate of drug-likeness (QED) is 0.251. The molecular formula is C24H22N2O6. The van der Waals surface area contributed by atoms with Crippen LogP contribution in [0.1, 0.15) is 26.3 Å². The molecular weight excluding hydrogens is 412 g/mol. The molecule has 0 spiro atoms. The number of rotatable bonds is 8. The van der Waals surface area contributed by atoms with Gasteiger partial charge in [-0.15, -0.1) is 0 Å². The van der Waals surface area contributed by atoms with Gasteiger partial charge in [-0.25, -0.2) is 10.2 Å². The van der Waals surface area contributed by atoms with E-state index in [1.165, 1.54) is 13.3 Å². The first-order chi connectivity index (χ1) is 15.5. The van der Waals surface area contributed by atoms with Crippen LogP contribution in [0.4, 0.5) is 0 Å². The van der Waals surface area contributed by atoms with Crippen molar-refractivity contribution in [2.75, 3.05) is 21.3 Å². The molecule has 1 amide bonds. The van der Waals surface area contributed by atoms with Gasteiger partial charge in [0.2, 0.25) is 0 Å². The summed E-state index contributed by atoms with van der Waals surface area (Å²) < 4.78 is 20.9. The average Bonchev–Trinajstić information content (AvgIpc) is 2.84. The molecule has 0 radical (unpaired) electrons. The van der Waals surface area contributed by atoms with E-state index >= 15 is 0 Å². The maximum absolute atomic E-state index is 12.4. The Balaban J connectivity index is 1.64. The van der Waals surface area contributed by atoms with Gasteiger partial charge in [0.15, 0.2) is 11.5 Å². The van der Waals surface area contributed by atoms with Crippen LogP contribution >= 0.6 is 0 Å². The van der Waals surface area contributed by atoms with Gasteiger partial charge < -0.3 is 18.9 Å². The summed E-state index contributed by atoms with van der Waals surface area (Å²) in [5.41, 5.74) is 3.91. The number of nitrogens with zero attached hydrogens (tertiary/aromatic N) is 1. The van der Waals surface area contributed by atoms with E-state index in [4.69, 9.17) is 18.9 Å². The van der Waals surface area contributed by atoms with E-state index in [1.54, 1.807) is 80.9 Å². The zero-order valence-electron chi connectivity index (χ0n) is 17.8. The minimum Gasteiger partial charge on any atom is -0.497 e. The molecule has 0 fully saturated rings. The monoisotopic (exact) mass is 434 g/mol. The third kappa shape index (κ3) is 5.63. The van der Waals surface area contributed by atoms with Gasteiger partial charge in [-0.05, 0) is 72.3 Å². The van der Waals surface area contributed by atoms with Crippen molar-refractivity contribution in [1.82, 2.24) is 5.43 Å². The van der Waals surface area contributed by atoms with Crippen LogP contribution < -0.4 is 24.4 Å². The SMILES string of the molecule is COc1ccc(C(=O)N/N=C/c2ccc(OC(=O)c3ccc(OC)cc3)c(OC)c2)cc1. The molecule has 0 aliphatic heterocycles. The van der Waals surface area contributed by atoms with E-state index in [9.17, 15) is 9.59 Å². The van der Waals surface area contributed by atoms with Crippen LogP contribution in [0.25, 0.3) is 0 Å². The molecule has 8 nitrogen and oxygen atoms in total. The van der Waals surface area contributed by atoms with Gasteiger partial charge in [0, 0.05) is 5.56 Å². The van der Waals surface area contributed by atoms with Gasteiger partial charge in [-0.2, -0.15) is 5.10 Å². The summed E-state index contributed by atoms with van der Waals surface area (Å²) in [5, 5.41) is 3.96. The summed E-state index contributed by atoms with van der Waals surface area (Å²) in [7, 11) is 4.57. The fourth-order valence-electron chi connectivity index (χ4n) is 2.71. The molecule has 1 N–H and O–H groups in total. The maximum Gasteiger partial charge on any atom is 0.343 e. The van der Waals surface area contributed by atoms with Crippen molar-refractivity contribution in [2.24, 2.45) is 5.10 Å². The van der Waals surface area contributed by atoms with E-state index in [2.05, 4.69) is 10.5 Å². The molecule has 164 valence electrons. The number of ether oxygens (including phenoxy) is 4. The third-order valence-electron chi connectivity index (χ3n) is 4.45. The molecule has 0 aliphatic rings. The number of hydrazone groups is 1. The summed E-state index contributed by atoms with van der Waals surface area (Å²) in [4.78, 5) is 24.5. The van der Waals surface area contributed by atoms with Gasteiger partial charge in [-0.3, -0.25) is 4.79 Å². The molecule has 8 heteroatoms. The Morgan fingerprint density at radius 1 is 0.750 bits per heavy atom. The standard InChI is InChI=1S/C24H22N2O6/c1-29-19-9-5-17(6-10-19)23(27)26-25-15-16-4-13-21(22(14-16)31-3)32-24(28)18-7-11-20(30-2)12-8-18/h4-15H,1-3H3,(H,26,27)/b25-15+. The van der Waals surface area contributed by atoms with Crippen LogP contribution in [0.3, 0.4) is 0 Å². The predicted octanol–water partition coefficient (Wildman–Crippen LogP) is 3.70. The fraction of sp³-hybridized carbons (Fsp3) is 0.125. The summed E-state index contributed by atoms with van der Waals surface area (Å²) in [6.45, 7) is 0. The number of hydrogen-bond acceptors (Lipinski definition) is 7. The zero-order chi connectivity index (χ0) is 22.9. The fourth-order valence-corrected chi connectivity index (χ4v) is 2.71. The topological polar surface area (TPSA) is 95.5 Å². The van der Waals surface area contributed by atoms with Gasteiger partial charge in [-0.1, -0.05) is 0 Å². The summed E-state index contributed by atoms with van der Waals surface area (Å²) in [6, 6.07) is 18.1. The largest absolute Gasteiger partial charge is 0.497 e. The molecule has 0 atom stereocenters. The Bertz CT molecular complexity index is 1110. The van der Waals surface area contributed by atoms with Crippen molar-refractivity contribution >= 4 is 18.1 Å². The Kier molecular flexibility index (Phi) is 7.42. The first-order valence-electron chi connectivity index (χ1n) is 9.55. The second kappa shape index (κ2) is 10.6. The zero-order valence-corrected chi connectivity index (χ0v) is 17.8. The van der Waals surface area contributed by atoms with Crippen molar-refractivity contribution in [3.63, 3.8) is 0 Å². The molecule has 3 aromatic rings.